The first-order valence-corrected chi connectivity index (χ1v) is 11.0. The number of methoxy groups -OCH3 is 1. The molecule has 2 heterocycles. The number of ether oxygens (including phenoxy) is 1. The van der Waals surface area contributed by atoms with Gasteiger partial charge in [0.2, 0.25) is 0 Å². The summed E-state index contributed by atoms with van der Waals surface area (Å²) in [6, 6.07) is 6.72. The number of sulfonamides is 1. The molecule has 1 aromatic heterocycles. The summed E-state index contributed by atoms with van der Waals surface area (Å²) < 4.78 is 31.9. The van der Waals surface area contributed by atoms with Gasteiger partial charge in [-0.15, -0.1) is 11.3 Å². The Hall–Kier alpha value is -2.14. The molecule has 1 aromatic carbocycles. The third-order valence-corrected chi connectivity index (χ3v) is 7.79. The Labute approximate surface area is 171 Å². The lowest BCUT2D eigenvalue weighted by Crippen LogP contribution is -2.51. The minimum absolute atomic E-state index is 0.182. The van der Waals surface area contributed by atoms with E-state index in [2.05, 4.69) is 10.9 Å². The molecule has 1 aliphatic heterocycles. The number of benzene rings is 1. The summed E-state index contributed by atoms with van der Waals surface area (Å²) in [5, 5.41) is 2.07. The molecule has 2 aromatic rings. The largest absolute Gasteiger partial charge is 0.496 e. The molecule has 1 saturated heterocycles. The van der Waals surface area contributed by atoms with Crippen LogP contribution in [0.3, 0.4) is 0 Å². The highest BCUT2D eigenvalue weighted by Gasteiger charge is 2.40. The molecule has 1 fully saturated rings. The minimum Gasteiger partial charge on any atom is -0.496 e. The van der Waals surface area contributed by atoms with E-state index in [1.807, 2.05) is 0 Å². The van der Waals surface area contributed by atoms with Crippen molar-refractivity contribution in [2.45, 2.75) is 23.1 Å². The average molecular weight is 444 g/mol. The standard InChI is InChI=1S/C17H18ClN3O5S2/c1-26-14-10-11(18)6-7-12(14)16(22)19-20-17(23)13-4-2-8-21(13)28(24,25)15-5-3-9-27-15/h3,5-7,9-10,13H,2,4,8H2,1H3,(H,19,22)(H,20,23). The second kappa shape index (κ2) is 8.48. The summed E-state index contributed by atoms with van der Waals surface area (Å²) in [5.74, 6) is -0.951. The van der Waals surface area contributed by atoms with Crippen molar-refractivity contribution in [1.29, 1.82) is 0 Å². The number of hydrogen-bond acceptors (Lipinski definition) is 6. The van der Waals surface area contributed by atoms with Crippen LogP contribution in [0, 0.1) is 0 Å². The van der Waals surface area contributed by atoms with Crippen LogP contribution in [-0.2, 0) is 14.8 Å². The number of carbonyl (C=O) groups excluding carboxylic acids is 2. The first-order valence-electron chi connectivity index (χ1n) is 8.33. The third-order valence-electron chi connectivity index (χ3n) is 4.27. The number of nitrogens with zero attached hydrogens (tertiary/aromatic N) is 1. The fourth-order valence-corrected chi connectivity index (χ4v) is 5.88. The molecule has 0 spiro atoms. The quantitative estimate of drug-likeness (QED) is 0.688. The maximum Gasteiger partial charge on any atom is 0.273 e. The Kier molecular flexibility index (Phi) is 6.23. The van der Waals surface area contributed by atoms with Crippen molar-refractivity contribution < 1.29 is 22.7 Å². The maximum atomic E-state index is 12.7. The Morgan fingerprint density at radius 3 is 2.75 bits per heavy atom. The van der Waals surface area contributed by atoms with Crippen molar-refractivity contribution in [2.24, 2.45) is 0 Å². The molecule has 11 heteroatoms. The van der Waals surface area contributed by atoms with Crippen LogP contribution in [0.4, 0.5) is 0 Å². The molecule has 2 amide bonds. The van der Waals surface area contributed by atoms with Crippen molar-refractivity contribution in [3.63, 3.8) is 0 Å². The number of rotatable bonds is 5. The molecule has 150 valence electrons. The molecule has 0 aliphatic carbocycles. The van der Waals surface area contributed by atoms with Gasteiger partial charge in [0, 0.05) is 11.6 Å². The fourth-order valence-electron chi connectivity index (χ4n) is 2.94. The zero-order chi connectivity index (χ0) is 20.3. The normalized spacial score (nSPS) is 17.3. The Bertz CT molecular complexity index is 979. The van der Waals surface area contributed by atoms with E-state index in [-0.39, 0.29) is 22.1 Å². The summed E-state index contributed by atoms with van der Waals surface area (Å²) in [4.78, 5) is 24.9. The summed E-state index contributed by atoms with van der Waals surface area (Å²) in [6.07, 6.45) is 0.929. The van der Waals surface area contributed by atoms with Crippen LogP contribution in [-0.4, -0.2) is 44.2 Å². The van der Waals surface area contributed by atoms with Crippen LogP contribution in [0.15, 0.2) is 39.9 Å². The summed E-state index contributed by atoms with van der Waals surface area (Å²) >= 11 is 6.97. The van der Waals surface area contributed by atoms with Gasteiger partial charge in [-0.3, -0.25) is 20.4 Å². The van der Waals surface area contributed by atoms with Gasteiger partial charge in [-0.25, -0.2) is 8.42 Å². The molecule has 0 radical (unpaired) electrons. The monoisotopic (exact) mass is 443 g/mol. The van der Waals surface area contributed by atoms with Gasteiger partial charge in [0.25, 0.3) is 21.8 Å². The molecule has 1 unspecified atom stereocenters. The zero-order valence-electron chi connectivity index (χ0n) is 14.8. The molecule has 1 aliphatic rings. The molecule has 3 rings (SSSR count). The van der Waals surface area contributed by atoms with Gasteiger partial charge >= 0.3 is 0 Å². The predicted octanol–water partition coefficient (Wildman–Crippen LogP) is 2.02. The SMILES string of the molecule is COc1cc(Cl)ccc1C(=O)NNC(=O)C1CCCN1S(=O)(=O)c1cccs1. The molecular formula is C17H18ClN3O5S2. The summed E-state index contributed by atoms with van der Waals surface area (Å²) in [6.45, 7) is 0.247. The van der Waals surface area contributed by atoms with E-state index in [0.29, 0.717) is 17.9 Å². The van der Waals surface area contributed by atoms with E-state index in [4.69, 9.17) is 16.3 Å². The van der Waals surface area contributed by atoms with Gasteiger partial charge < -0.3 is 4.74 Å². The van der Waals surface area contributed by atoms with Crippen LogP contribution in [0.2, 0.25) is 5.02 Å². The van der Waals surface area contributed by atoms with Crippen molar-refractivity contribution in [3.05, 3.63) is 46.3 Å². The van der Waals surface area contributed by atoms with Crippen molar-refractivity contribution in [2.75, 3.05) is 13.7 Å². The van der Waals surface area contributed by atoms with Crippen LogP contribution < -0.4 is 15.6 Å². The topological polar surface area (TPSA) is 105 Å². The number of amides is 2. The third kappa shape index (κ3) is 4.14. The Balaban J connectivity index is 1.68. The van der Waals surface area contributed by atoms with Crippen LogP contribution in [0.25, 0.3) is 0 Å². The maximum absolute atomic E-state index is 12.7. The van der Waals surface area contributed by atoms with Crippen molar-refractivity contribution in [3.8, 4) is 5.75 Å². The molecule has 0 bridgehead atoms. The molecule has 2 N–H and O–H groups in total. The van der Waals surface area contributed by atoms with E-state index in [0.717, 1.165) is 11.3 Å². The van der Waals surface area contributed by atoms with E-state index >= 15 is 0 Å². The van der Waals surface area contributed by atoms with Crippen LogP contribution in [0.1, 0.15) is 23.2 Å². The highest BCUT2D eigenvalue weighted by Crippen LogP contribution is 2.28. The van der Waals surface area contributed by atoms with Crippen molar-refractivity contribution >= 4 is 44.8 Å². The van der Waals surface area contributed by atoms with E-state index in [9.17, 15) is 18.0 Å². The predicted molar refractivity (Wildman–Crippen MR) is 105 cm³/mol. The van der Waals surface area contributed by atoms with Gasteiger partial charge in [-0.2, -0.15) is 4.31 Å². The average Bonchev–Trinajstić information content (AvgIpc) is 3.37. The Morgan fingerprint density at radius 1 is 1.29 bits per heavy atom. The van der Waals surface area contributed by atoms with Crippen LogP contribution in [0.5, 0.6) is 5.75 Å². The smallest absolute Gasteiger partial charge is 0.273 e. The van der Waals surface area contributed by atoms with Gasteiger partial charge in [0.1, 0.15) is 16.0 Å². The van der Waals surface area contributed by atoms with E-state index in [1.165, 1.54) is 35.7 Å². The van der Waals surface area contributed by atoms with Gasteiger partial charge in [-0.05, 0) is 42.5 Å². The van der Waals surface area contributed by atoms with E-state index < -0.39 is 27.9 Å². The lowest BCUT2D eigenvalue weighted by molar-refractivity contribution is -0.125. The highest BCUT2D eigenvalue weighted by molar-refractivity contribution is 7.91. The molecule has 0 saturated carbocycles. The van der Waals surface area contributed by atoms with Gasteiger partial charge in [-0.1, -0.05) is 17.7 Å². The summed E-state index contributed by atoms with van der Waals surface area (Å²) in [5.41, 5.74) is 4.78. The molecule has 28 heavy (non-hydrogen) atoms. The lowest BCUT2D eigenvalue weighted by Gasteiger charge is -2.22. The van der Waals surface area contributed by atoms with E-state index in [1.54, 1.807) is 11.4 Å². The number of nitrogens with one attached hydrogen (secondary N) is 2. The first kappa shape index (κ1) is 20.6. The van der Waals surface area contributed by atoms with Crippen LogP contribution >= 0.6 is 22.9 Å². The molecular weight excluding hydrogens is 426 g/mol. The van der Waals surface area contributed by atoms with Crippen molar-refractivity contribution in [1.82, 2.24) is 15.2 Å². The zero-order valence-corrected chi connectivity index (χ0v) is 17.2. The highest BCUT2D eigenvalue weighted by atomic mass is 35.5. The fraction of sp³-hybridized carbons (Fsp3) is 0.294. The lowest BCUT2D eigenvalue weighted by atomic mass is 10.2. The number of carbonyl (C=O) groups is 2. The second-order valence-electron chi connectivity index (χ2n) is 5.99. The minimum atomic E-state index is -3.75. The van der Waals surface area contributed by atoms with Gasteiger partial charge in [0.15, 0.2) is 0 Å². The first-order chi connectivity index (χ1) is 13.3. The molecule has 8 nitrogen and oxygen atoms in total. The molecule has 1 atom stereocenters. The number of thiophene rings is 1. The second-order valence-corrected chi connectivity index (χ2v) is 9.50. The van der Waals surface area contributed by atoms with Gasteiger partial charge in [0.05, 0.1) is 12.7 Å². The number of halogens is 1. The number of hydrogen-bond donors (Lipinski definition) is 2. The number of hydrazine groups is 1. The summed E-state index contributed by atoms with van der Waals surface area (Å²) in [7, 11) is -2.36. The Morgan fingerprint density at radius 2 is 2.07 bits per heavy atom.